The molecule has 0 spiro atoms. The quantitative estimate of drug-likeness (QED) is 0.546. The van der Waals surface area contributed by atoms with Crippen LogP contribution in [0.25, 0.3) is 0 Å². The molecule has 0 unspecified atom stereocenters. The summed E-state index contributed by atoms with van der Waals surface area (Å²) in [5.74, 6) is 0. The van der Waals surface area contributed by atoms with Gasteiger partial charge in [-0.15, -0.1) is 0 Å². The van der Waals surface area contributed by atoms with E-state index in [1.807, 2.05) is 0 Å². The van der Waals surface area contributed by atoms with E-state index in [2.05, 4.69) is 0 Å². The fraction of sp³-hybridized carbons (Fsp3) is 1.00. The molecule has 1 N–H and O–H groups in total. The molecule has 0 aliphatic carbocycles. The van der Waals surface area contributed by atoms with Crippen LogP contribution in [-0.4, -0.2) is 35.4 Å². The lowest BCUT2D eigenvalue weighted by Crippen LogP contribution is -2.82. The highest BCUT2D eigenvalue weighted by Gasteiger charge is 2.85. The molecular weight excluding hydrogens is 297 g/mol. The summed E-state index contributed by atoms with van der Waals surface area (Å²) in [5.41, 5.74) is 0. The van der Waals surface area contributed by atoms with Gasteiger partial charge in [0.25, 0.3) is 0 Å². The lowest BCUT2D eigenvalue weighted by Gasteiger charge is -2.48. The number of nitrogens with one attached hydrogen (secondary N) is 1. The lowest BCUT2D eigenvalue weighted by atomic mass is 10.2. The Morgan fingerprint density at radius 2 is 0.944 bits per heavy atom. The first-order chi connectivity index (χ1) is 7.57. The van der Waals surface area contributed by atoms with Crippen molar-refractivity contribution in [2.75, 3.05) is 0 Å². The second-order valence-electron chi connectivity index (χ2n) is 3.16. The Bertz CT molecular complexity index is 318. The van der Waals surface area contributed by atoms with Gasteiger partial charge in [-0.2, -0.15) is 53.6 Å². The van der Waals surface area contributed by atoms with Gasteiger partial charge in [0.05, 0.1) is 0 Å². The summed E-state index contributed by atoms with van der Waals surface area (Å²) in [4.78, 5) is -3.47. The summed E-state index contributed by atoms with van der Waals surface area (Å²) >= 11 is 0. The monoisotopic (exact) mass is 298 g/mol. The molecule has 1 saturated heterocycles. The highest BCUT2D eigenvalue weighted by atomic mass is 19.4. The van der Waals surface area contributed by atoms with Crippen molar-refractivity contribution in [3.8, 4) is 0 Å². The Morgan fingerprint density at radius 1 is 0.667 bits per heavy atom. The van der Waals surface area contributed by atoms with E-state index in [1.165, 1.54) is 0 Å². The average Bonchev–Trinajstić information content (AvgIpc) is 1.93. The van der Waals surface area contributed by atoms with Crippen LogP contribution in [0.4, 0.5) is 48.3 Å². The molecule has 0 amide bonds. The Balaban J connectivity index is 3.48. The molecule has 18 heavy (non-hydrogen) atoms. The number of piperazine rings is 1. The summed E-state index contributed by atoms with van der Waals surface area (Å²) in [6, 6.07) is -25.6. The van der Waals surface area contributed by atoms with E-state index in [-0.39, 0.29) is 0 Å². The van der Waals surface area contributed by atoms with Crippen molar-refractivity contribution in [1.82, 2.24) is 10.2 Å². The summed E-state index contributed by atoms with van der Waals surface area (Å²) in [6.07, 6.45) is -6.82. The van der Waals surface area contributed by atoms with Crippen molar-refractivity contribution >= 4 is 0 Å². The maximum absolute atomic E-state index is 12.6. The largest absolute Gasteiger partial charge is 0.469 e. The molecule has 0 aromatic heterocycles. The molecule has 0 aromatic carbocycles. The van der Waals surface area contributed by atoms with Crippen LogP contribution in [-0.2, 0) is 0 Å². The van der Waals surface area contributed by atoms with Crippen LogP contribution in [0.2, 0.25) is 0 Å². The lowest BCUT2D eigenvalue weighted by molar-refractivity contribution is -0.512. The smallest absolute Gasteiger partial charge is 0.184 e. The number of alkyl halides is 11. The number of hydrogen-bond acceptors (Lipinski definition) is 2. The van der Waals surface area contributed by atoms with Crippen LogP contribution in [0.1, 0.15) is 0 Å². The van der Waals surface area contributed by atoms with Crippen LogP contribution in [0.15, 0.2) is 0 Å². The van der Waals surface area contributed by atoms with Gasteiger partial charge < -0.3 is 0 Å². The first kappa shape index (κ1) is 15.2. The third kappa shape index (κ3) is 1.79. The van der Waals surface area contributed by atoms with Gasteiger partial charge in [0, 0.05) is 0 Å². The summed E-state index contributed by atoms with van der Waals surface area (Å²) in [7, 11) is 0. The molecule has 1 rings (SSSR count). The van der Waals surface area contributed by atoms with Crippen molar-refractivity contribution < 1.29 is 48.3 Å². The topological polar surface area (TPSA) is 15.3 Å². The molecule has 0 radical (unpaired) electrons. The molecule has 1 aliphatic rings. The zero-order valence-corrected chi connectivity index (χ0v) is 7.60. The van der Waals surface area contributed by atoms with E-state index < -0.39 is 40.7 Å². The van der Waals surface area contributed by atoms with Gasteiger partial charge in [0.1, 0.15) is 0 Å². The van der Waals surface area contributed by atoms with E-state index in [4.69, 9.17) is 0 Å². The molecule has 0 saturated carbocycles. The molecule has 0 bridgehead atoms. The SMILES string of the molecule is FC(F)(F)N1C(F)(F)C(F)(F)NC(F)(F)C1(F)F. The second-order valence-corrected chi connectivity index (χ2v) is 3.16. The molecule has 1 heterocycles. The van der Waals surface area contributed by atoms with Gasteiger partial charge in [-0.25, -0.2) is 0 Å². The molecule has 108 valence electrons. The van der Waals surface area contributed by atoms with Crippen molar-refractivity contribution in [3.05, 3.63) is 0 Å². The molecule has 1 fully saturated rings. The van der Waals surface area contributed by atoms with Crippen LogP contribution >= 0.6 is 0 Å². The molecule has 0 aromatic rings. The minimum Gasteiger partial charge on any atom is -0.184 e. The highest BCUT2D eigenvalue weighted by molar-refractivity contribution is 5.01. The van der Waals surface area contributed by atoms with Crippen LogP contribution in [0.3, 0.4) is 0 Å². The number of hydrogen-bond donors (Lipinski definition) is 1. The second kappa shape index (κ2) is 3.37. The van der Waals surface area contributed by atoms with E-state index in [0.717, 1.165) is 0 Å². The Hall–Kier alpha value is -0.850. The van der Waals surface area contributed by atoms with E-state index in [0.29, 0.717) is 0 Å². The standard InChI is InChI=1S/C5HF11N2/c6-1(7)3(10,11)18(5(14,15)16)4(12,13)2(8,9)17-1/h17H. The van der Waals surface area contributed by atoms with E-state index in [1.54, 1.807) is 0 Å². The normalized spacial score (nSPS) is 30.2. The predicted molar refractivity (Wildman–Crippen MR) is 30.8 cm³/mol. The summed E-state index contributed by atoms with van der Waals surface area (Å²) in [6.45, 7) is 0. The molecule has 2 nitrogen and oxygen atoms in total. The maximum Gasteiger partial charge on any atom is 0.469 e. The summed E-state index contributed by atoms with van der Waals surface area (Å²) in [5, 5.41) is -0.794. The predicted octanol–water partition coefficient (Wildman–Crippen LogP) is 2.78. The van der Waals surface area contributed by atoms with E-state index >= 15 is 0 Å². The van der Waals surface area contributed by atoms with Crippen molar-refractivity contribution in [3.63, 3.8) is 0 Å². The fourth-order valence-electron chi connectivity index (χ4n) is 1.12. The fourth-order valence-corrected chi connectivity index (χ4v) is 1.12. The third-order valence-corrected chi connectivity index (χ3v) is 1.88. The molecular formula is C5HF11N2. The number of halogens is 11. The maximum atomic E-state index is 12.6. The zero-order chi connectivity index (χ0) is 14.8. The van der Waals surface area contributed by atoms with Gasteiger partial charge in [-0.3, -0.25) is 0 Å². The molecule has 0 atom stereocenters. The zero-order valence-electron chi connectivity index (χ0n) is 7.60. The Morgan fingerprint density at radius 3 is 1.17 bits per heavy atom. The van der Waals surface area contributed by atoms with Crippen LogP contribution in [0.5, 0.6) is 0 Å². The molecule has 1 aliphatic heterocycles. The van der Waals surface area contributed by atoms with Gasteiger partial charge in [0.15, 0.2) is 0 Å². The van der Waals surface area contributed by atoms with Crippen molar-refractivity contribution in [2.45, 2.75) is 30.5 Å². The van der Waals surface area contributed by atoms with E-state index in [9.17, 15) is 48.3 Å². The third-order valence-electron chi connectivity index (χ3n) is 1.88. The minimum absolute atomic E-state index is 0.794. The van der Waals surface area contributed by atoms with Crippen molar-refractivity contribution in [2.24, 2.45) is 0 Å². The summed E-state index contributed by atoms with van der Waals surface area (Å²) < 4.78 is 135. The van der Waals surface area contributed by atoms with Gasteiger partial charge >= 0.3 is 30.5 Å². The average molecular weight is 298 g/mol. The van der Waals surface area contributed by atoms with Crippen LogP contribution < -0.4 is 5.32 Å². The highest BCUT2D eigenvalue weighted by Crippen LogP contribution is 2.55. The number of nitrogens with zero attached hydrogens (tertiary/aromatic N) is 1. The first-order valence-electron chi connectivity index (χ1n) is 3.75. The van der Waals surface area contributed by atoms with Gasteiger partial charge in [-0.05, 0) is 0 Å². The van der Waals surface area contributed by atoms with Crippen molar-refractivity contribution in [1.29, 1.82) is 0 Å². The Kier molecular flexibility index (Phi) is 2.85. The van der Waals surface area contributed by atoms with Gasteiger partial charge in [0.2, 0.25) is 0 Å². The Labute approximate surface area is 90.3 Å². The van der Waals surface area contributed by atoms with Gasteiger partial charge in [-0.1, -0.05) is 4.90 Å². The van der Waals surface area contributed by atoms with Crippen LogP contribution in [0, 0.1) is 0 Å². The first-order valence-corrected chi connectivity index (χ1v) is 3.75. The molecule has 13 heteroatoms. The number of rotatable bonds is 0. The minimum atomic E-state index is -6.82.